The summed E-state index contributed by atoms with van der Waals surface area (Å²) in [5.41, 5.74) is 1.27. The van der Waals surface area contributed by atoms with Crippen LogP contribution in [0.2, 0.25) is 0 Å². The summed E-state index contributed by atoms with van der Waals surface area (Å²) in [6.07, 6.45) is 0. The molecule has 0 heterocycles. The zero-order chi connectivity index (χ0) is 18.4. The second kappa shape index (κ2) is 8.00. The van der Waals surface area contributed by atoms with Crippen molar-refractivity contribution >= 4 is 27.3 Å². The van der Waals surface area contributed by atoms with Gasteiger partial charge in [0.1, 0.15) is 11.8 Å². The van der Waals surface area contributed by atoms with E-state index in [1.54, 1.807) is 6.92 Å². The summed E-state index contributed by atoms with van der Waals surface area (Å²) in [6.45, 7) is 4.23. The van der Waals surface area contributed by atoms with Crippen LogP contribution in [-0.2, 0) is 14.8 Å². The average Bonchev–Trinajstić information content (AvgIpc) is 2.56. The maximum absolute atomic E-state index is 12.2. The molecule has 0 radical (unpaired) electrons. The fourth-order valence-electron chi connectivity index (χ4n) is 2.11. The SMILES string of the molecule is CCOc1ccc(N[C@H](C)C(=O)Nc2ccc(S(N)(=O)=O)cc2)cc1. The molecule has 0 aromatic heterocycles. The van der Waals surface area contributed by atoms with Gasteiger partial charge < -0.3 is 15.4 Å². The molecular formula is C17H21N3O4S. The van der Waals surface area contributed by atoms with Crippen molar-refractivity contribution in [1.82, 2.24) is 0 Å². The molecule has 0 saturated heterocycles. The lowest BCUT2D eigenvalue weighted by Gasteiger charge is -2.16. The first-order chi connectivity index (χ1) is 11.8. The van der Waals surface area contributed by atoms with Crippen LogP contribution in [0.3, 0.4) is 0 Å². The molecule has 134 valence electrons. The van der Waals surface area contributed by atoms with Gasteiger partial charge in [0.25, 0.3) is 0 Å². The molecule has 0 unspecified atom stereocenters. The van der Waals surface area contributed by atoms with Crippen molar-refractivity contribution in [3.63, 3.8) is 0 Å². The Labute approximate surface area is 147 Å². The van der Waals surface area contributed by atoms with Crippen molar-refractivity contribution in [3.8, 4) is 5.75 Å². The third-order valence-electron chi connectivity index (χ3n) is 3.39. The van der Waals surface area contributed by atoms with Crippen LogP contribution in [0, 0.1) is 0 Å². The number of rotatable bonds is 7. The molecule has 1 amide bonds. The maximum Gasteiger partial charge on any atom is 0.246 e. The number of hydrogen-bond donors (Lipinski definition) is 3. The van der Waals surface area contributed by atoms with Crippen LogP contribution in [0.5, 0.6) is 5.75 Å². The van der Waals surface area contributed by atoms with E-state index in [1.165, 1.54) is 24.3 Å². The lowest BCUT2D eigenvalue weighted by Crippen LogP contribution is -2.31. The summed E-state index contributed by atoms with van der Waals surface area (Å²) >= 11 is 0. The van der Waals surface area contributed by atoms with E-state index in [0.717, 1.165) is 11.4 Å². The normalized spacial score (nSPS) is 12.3. The molecule has 8 heteroatoms. The highest BCUT2D eigenvalue weighted by Crippen LogP contribution is 2.17. The van der Waals surface area contributed by atoms with Crippen molar-refractivity contribution < 1.29 is 17.9 Å². The van der Waals surface area contributed by atoms with Gasteiger partial charge in [-0.15, -0.1) is 0 Å². The highest BCUT2D eigenvalue weighted by Gasteiger charge is 2.14. The van der Waals surface area contributed by atoms with Crippen molar-refractivity contribution in [1.29, 1.82) is 0 Å². The van der Waals surface area contributed by atoms with Gasteiger partial charge in [-0.2, -0.15) is 0 Å². The van der Waals surface area contributed by atoms with E-state index in [1.807, 2.05) is 31.2 Å². The Balaban J connectivity index is 1.95. The summed E-state index contributed by atoms with van der Waals surface area (Å²) in [5.74, 6) is 0.511. The van der Waals surface area contributed by atoms with Gasteiger partial charge in [-0.05, 0) is 62.4 Å². The molecule has 4 N–H and O–H groups in total. The Morgan fingerprint density at radius 1 is 1.08 bits per heavy atom. The quantitative estimate of drug-likeness (QED) is 0.698. The molecule has 0 saturated carbocycles. The summed E-state index contributed by atoms with van der Waals surface area (Å²) < 4.78 is 27.8. The molecule has 1 atom stereocenters. The number of benzene rings is 2. The summed E-state index contributed by atoms with van der Waals surface area (Å²) in [7, 11) is -3.75. The zero-order valence-electron chi connectivity index (χ0n) is 14.0. The van der Waals surface area contributed by atoms with E-state index >= 15 is 0 Å². The molecule has 0 aliphatic carbocycles. The second-order valence-corrected chi connectivity index (χ2v) is 6.94. The molecule has 0 aliphatic rings. The molecule has 0 fully saturated rings. The van der Waals surface area contributed by atoms with Gasteiger partial charge in [0.15, 0.2) is 0 Å². The number of sulfonamides is 1. The van der Waals surface area contributed by atoms with Crippen LogP contribution in [-0.4, -0.2) is 27.0 Å². The molecule has 0 bridgehead atoms. The third-order valence-corrected chi connectivity index (χ3v) is 4.32. The van der Waals surface area contributed by atoms with Gasteiger partial charge in [0, 0.05) is 11.4 Å². The van der Waals surface area contributed by atoms with E-state index in [4.69, 9.17) is 9.88 Å². The van der Waals surface area contributed by atoms with E-state index in [0.29, 0.717) is 12.3 Å². The highest BCUT2D eigenvalue weighted by atomic mass is 32.2. The fourth-order valence-corrected chi connectivity index (χ4v) is 2.62. The predicted octanol–water partition coefficient (Wildman–Crippen LogP) is 2.17. The zero-order valence-corrected chi connectivity index (χ0v) is 14.8. The van der Waals surface area contributed by atoms with Gasteiger partial charge in [-0.1, -0.05) is 0 Å². The summed E-state index contributed by atoms with van der Waals surface area (Å²) in [5, 5.41) is 10.8. The number of hydrogen-bond acceptors (Lipinski definition) is 5. The molecule has 0 spiro atoms. The maximum atomic E-state index is 12.2. The predicted molar refractivity (Wildman–Crippen MR) is 97.1 cm³/mol. The van der Waals surface area contributed by atoms with Gasteiger partial charge in [0.05, 0.1) is 11.5 Å². The molecular weight excluding hydrogens is 342 g/mol. The van der Waals surface area contributed by atoms with E-state index in [-0.39, 0.29) is 10.8 Å². The van der Waals surface area contributed by atoms with Crippen molar-refractivity contribution in [2.75, 3.05) is 17.2 Å². The molecule has 2 rings (SSSR count). The minimum absolute atomic E-state index is 0.00828. The number of nitrogens with one attached hydrogen (secondary N) is 2. The first-order valence-corrected chi connectivity index (χ1v) is 9.27. The number of carbonyl (C=O) groups excluding carboxylic acids is 1. The Bertz CT molecular complexity index is 818. The van der Waals surface area contributed by atoms with Crippen LogP contribution in [0.25, 0.3) is 0 Å². The molecule has 7 nitrogen and oxygen atoms in total. The van der Waals surface area contributed by atoms with Crippen LogP contribution in [0.1, 0.15) is 13.8 Å². The standard InChI is InChI=1S/C17H21N3O4S/c1-3-24-15-8-4-13(5-9-15)19-12(2)17(21)20-14-6-10-16(11-7-14)25(18,22)23/h4-12,19H,3H2,1-2H3,(H,20,21)(H2,18,22,23)/t12-/m1/s1. The lowest BCUT2D eigenvalue weighted by molar-refractivity contribution is -0.116. The van der Waals surface area contributed by atoms with Gasteiger partial charge in [-0.25, -0.2) is 13.6 Å². The van der Waals surface area contributed by atoms with Gasteiger partial charge in [0.2, 0.25) is 15.9 Å². The van der Waals surface area contributed by atoms with Crippen molar-refractivity contribution in [2.24, 2.45) is 5.14 Å². The highest BCUT2D eigenvalue weighted by molar-refractivity contribution is 7.89. The Morgan fingerprint density at radius 2 is 1.64 bits per heavy atom. The van der Waals surface area contributed by atoms with Crippen molar-refractivity contribution in [3.05, 3.63) is 48.5 Å². The van der Waals surface area contributed by atoms with Crippen molar-refractivity contribution in [2.45, 2.75) is 24.8 Å². The van der Waals surface area contributed by atoms with E-state index < -0.39 is 16.1 Å². The van der Waals surface area contributed by atoms with E-state index in [9.17, 15) is 13.2 Å². The Kier molecular flexibility index (Phi) is 6.00. The molecule has 2 aromatic carbocycles. The second-order valence-electron chi connectivity index (χ2n) is 5.38. The first-order valence-electron chi connectivity index (χ1n) is 7.72. The lowest BCUT2D eigenvalue weighted by atomic mass is 10.2. The van der Waals surface area contributed by atoms with Gasteiger partial charge >= 0.3 is 0 Å². The topological polar surface area (TPSA) is 111 Å². The third kappa shape index (κ3) is 5.47. The average molecular weight is 363 g/mol. The first kappa shape index (κ1) is 18.8. The minimum atomic E-state index is -3.75. The largest absolute Gasteiger partial charge is 0.494 e. The number of amides is 1. The number of carbonyl (C=O) groups is 1. The number of nitrogens with two attached hydrogens (primary N) is 1. The number of anilines is 2. The smallest absolute Gasteiger partial charge is 0.246 e. The molecule has 0 aliphatic heterocycles. The number of ether oxygens (including phenoxy) is 1. The van der Waals surface area contributed by atoms with Gasteiger partial charge in [-0.3, -0.25) is 4.79 Å². The summed E-state index contributed by atoms with van der Waals surface area (Å²) in [4.78, 5) is 12.2. The fraction of sp³-hybridized carbons (Fsp3) is 0.235. The van der Waals surface area contributed by atoms with Crippen LogP contribution in [0.4, 0.5) is 11.4 Å². The molecule has 2 aromatic rings. The minimum Gasteiger partial charge on any atom is -0.494 e. The monoisotopic (exact) mass is 363 g/mol. The Morgan fingerprint density at radius 3 is 2.16 bits per heavy atom. The van der Waals surface area contributed by atoms with E-state index in [2.05, 4.69) is 10.6 Å². The molecule has 25 heavy (non-hydrogen) atoms. The summed E-state index contributed by atoms with van der Waals surface area (Å²) in [6, 6.07) is 12.5. The number of primary sulfonamides is 1. The van der Waals surface area contributed by atoms with Crippen LogP contribution in [0.15, 0.2) is 53.4 Å². The Hall–Kier alpha value is -2.58. The van der Waals surface area contributed by atoms with Crippen LogP contribution >= 0.6 is 0 Å². The van der Waals surface area contributed by atoms with Crippen LogP contribution < -0.4 is 20.5 Å².